The summed E-state index contributed by atoms with van der Waals surface area (Å²) in [6.45, 7) is 4.99. The third-order valence-electron chi connectivity index (χ3n) is 3.24. The summed E-state index contributed by atoms with van der Waals surface area (Å²) in [7, 11) is 0. The minimum atomic E-state index is -0.393. The van der Waals surface area contributed by atoms with Crippen LogP contribution in [0.4, 0.5) is 5.69 Å². The van der Waals surface area contributed by atoms with Gasteiger partial charge >= 0.3 is 5.76 Å². The molecule has 18 heavy (non-hydrogen) atoms. The number of hydrogen-bond donors (Lipinski definition) is 2. The minimum Gasteiger partial charge on any atom is -0.406 e. The Morgan fingerprint density at radius 1 is 1.44 bits per heavy atom. The van der Waals surface area contributed by atoms with Crippen LogP contribution in [0.15, 0.2) is 27.4 Å². The van der Waals surface area contributed by atoms with Crippen molar-refractivity contribution in [2.45, 2.75) is 13.0 Å². The Balaban J connectivity index is 0.00000120. The van der Waals surface area contributed by atoms with Gasteiger partial charge in [-0.1, -0.05) is 6.07 Å². The number of nitrogens with zero attached hydrogens (tertiary/aromatic N) is 1. The van der Waals surface area contributed by atoms with Crippen LogP contribution in [0.1, 0.15) is 6.92 Å². The molecule has 0 radical (unpaired) electrons. The van der Waals surface area contributed by atoms with E-state index in [1.54, 1.807) is 0 Å². The topological polar surface area (TPSA) is 61.3 Å². The van der Waals surface area contributed by atoms with Gasteiger partial charge in [0.25, 0.3) is 0 Å². The molecule has 0 saturated carbocycles. The predicted molar refractivity (Wildman–Crippen MR) is 73.8 cm³/mol. The molecule has 3 rings (SSSR count). The first kappa shape index (κ1) is 13.0. The van der Waals surface area contributed by atoms with Crippen LogP contribution >= 0.6 is 12.4 Å². The average Bonchev–Trinajstić information content (AvgIpc) is 2.70. The lowest BCUT2D eigenvalue weighted by atomic mass is 10.1. The molecule has 2 heterocycles. The van der Waals surface area contributed by atoms with Crippen LogP contribution < -0.4 is 16.0 Å². The Morgan fingerprint density at radius 3 is 3.06 bits per heavy atom. The highest BCUT2D eigenvalue weighted by molar-refractivity contribution is 5.86. The van der Waals surface area contributed by atoms with Gasteiger partial charge in [0, 0.05) is 25.7 Å². The Labute approximate surface area is 111 Å². The molecule has 0 bridgehead atoms. The quantitative estimate of drug-likeness (QED) is 0.820. The molecule has 98 valence electrons. The molecule has 1 saturated heterocycles. The van der Waals surface area contributed by atoms with Gasteiger partial charge < -0.3 is 14.6 Å². The molecule has 1 aromatic carbocycles. The van der Waals surface area contributed by atoms with Crippen LogP contribution in [0.25, 0.3) is 11.1 Å². The number of piperazine rings is 1. The summed E-state index contributed by atoms with van der Waals surface area (Å²) in [6, 6.07) is 6.20. The van der Waals surface area contributed by atoms with Gasteiger partial charge in [0.2, 0.25) is 0 Å². The lowest BCUT2D eigenvalue weighted by Gasteiger charge is -2.35. The molecule has 2 N–H and O–H groups in total. The molecule has 1 aliphatic heterocycles. The smallest absolute Gasteiger partial charge is 0.406 e. The summed E-state index contributed by atoms with van der Waals surface area (Å²) in [5, 5.41) is 3.35. The Bertz CT molecular complexity index is 592. The highest BCUT2D eigenvalue weighted by atomic mass is 35.5. The summed E-state index contributed by atoms with van der Waals surface area (Å²) in [5.74, 6) is -0.393. The van der Waals surface area contributed by atoms with E-state index in [9.17, 15) is 4.79 Å². The number of hydrogen-bond acceptors (Lipinski definition) is 4. The molecule has 6 heteroatoms. The normalized spacial score (nSPS) is 19.8. The van der Waals surface area contributed by atoms with Gasteiger partial charge in [-0.15, -0.1) is 12.4 Å². The lowest BCUT2D eigenvalue weighted by Crippen LogP contribution is -2.49. The van der Waals surface area contributed by atoms with Crippen LogP contribution in [0.5, 0.6) is 0 Å². The maximum Gasteiger partial charge on any atom is 0.417 e. The second kappa shape index (κ2) is 5.04. The van der Waals surface area contributed by atoms with Crippen molar-refractivity contribution in [2.24, 2.45) is 0 Å². The van der Waals surface area contributed by atoms with Gasteiger partial charge in [0.1, 0.15) is 0 Å². The van der Waals surface area contributed by atoms with Gasteiger partial charge in [-0.3, -0.25) is 4.98 Å². The first-order chi connectivity index (χ1) is 8.25. The maximum atomic E-state index is 11.3. The van der Waals surface area contributed by atoms with E-state index in [2.05, 4.69) is 22.1 Å². The van der Waals surface area contributed by atoms with Crippen LogP contribution in [0, 0.1) is 0 Å². The van der Waals surface area contributed by atoms with Gasteiger partial charge in [0.15, 0.2) is 5.58 Å². The van der Waals surface area contributed by atoms with Gasteiger partial charge in [0.05, 0.1) is 11.2 Å². The van der Waals surface area contributed by atoms with Crippen LogP contribution in [-0.2, 0) is 0 Å². The van der Waals surface area contributed by atoms with Crippen molar-refractivity contribution >= 4 is 29.2 Å². The molecule has 1 aliphatic rings. The fourth-order valence-corrected chi connectivity index (χ4v) is 2.38. The number of oxazole rings is 1. The molecule has 0 amide bonds. The highest BCUT2D eigenvalue weighted by Gasteiger charge is 2.21. The molecular formula is C12H16ClN3O2. The van der Waals surface area contributed by atoms with Crippen molar-refractivity contribution in [3.05, 3.63) is 28.7 Å². The summed E-state index contributed by atoms with van der Waals surface area (Å²) < 4.78 is 5.23. The van der Waals surface area contributed by atoms with Gasteiger partial charge in [-0.05, 0) is 19.1 Å². The summed E-state index contributed by atoms with van der Waals surface area (Å²) in [4.78, 5) is 16.2. The number of anilines is 1. The van der Waals surface area contributed by atoms with Crippen molar-refractivity contribution in [3.8, 4) is 0 Å². The third-order valence-corrected chi connectivity index (χ3v) is 3.24. The van der Waals surface area contributed by atoms with E-state index in [-0.39, 0.29) is 12.4 Å². The largest absolute Gasteiger partial charge is 0.417 e. The van der Waals surface area contributed by atoms with Crippen molar-refractivity contribution in [1.29, 1.82) is 0 Å². The average molecular weight is 270 g/mol. The zero-order chi connectivity index (χ0) is 11.8. The van der Waals surface area contributed by atoms with E-state index in [4.69, 9.17) is 4.42 Å². The standard InChI is InChI=1S/C12H15N3O2.ClH/c1-8-7-13-5-6-15(8)10-4-2-3-9-11(10)17-12(16)14-9;/h2-4,8,13H,5-7H2,1H3,(H,14,16);1H. The fraction of sp³-hybridized carbons (Fsp3) is 0.417. The number of rotatable bonds is 1. The van der Waals surface area contributed by atoms with Gasteiger partial charge in [-0.2, -0.15) is 0 Å². The monoisotopic (exact) mass is 269 g/mol. The van der Waals surface area contributed by atoms with Crippen molar-refractivity contribution in [1.82, 2.24) is 10.3 Å². The van der Waals surface area contributed by atoms with E-state index in [1.165, 1.54) is 0 Å². The van der Waals surface area contributed by atoms with E-state index in [0.29, 0.717) is 11.6 Å². The van der Waals surface area contributed by atoms with E-state index in [1.807, 2.05) is 18.2 Å². The van der Waals surface area contributed by atoms with E-state index >= 15 is 0 Å². The molecular weight excluding hydrogens is 254 g/mol. The Morgan fingerprint density at radius 2 is 2.28 bits per heavy atom. The van der Waals surface area contributed by atoms with Crippen LogP contribution in [-0.4, -0.2) is 30.7 Å². The zero-order valence-corrected chi connectivity index (χ0v) is 10.9. The van der Waals surface area contributed by atoms with Crippen molar-refractivity contribution in [2.75, 3.05) is 24.5 Å². The number of aromatic nitrogens is 1. The highest BCUT2D eigenvalue weighted by Crippen LogP contribution is 2.26. The number of para-hydroxylation sites is 1. The van der Waals surface area contributed by atoms with Crippen molar-refractivity contribution in [3.63, 3.8) is 0 Å². The van der Waals surface area contributed by atoms with Crippen LogP contribution in [0.2, 0.25) is 0 Å². The van der Waals surface area contributed by atoms with E-state index < -0.39 is 5.76 Å². The predicted octanol–water partition coefficient (Wildman–Crippen LogP) is 1.34. The summed E-state index contributed by atoms with van der Waals surface area (Å²) in [5.41, 5.74) is 2.42. The molecule has 1 aromatic heterocycles. The van der Waals surface area contributed by atoms with Crippen LogP contribution in [0.3, 0.4) is 0 Å². The molecule has 0 aliphatic carbocycles. The first-order valence-corrected chi connectivity index (χ1v) is 5.85. The maximum absolute atomic E-state index is 11.3. The fourth-order valence-electron chi connectivity index (χ4n) is 2.38. The number of benzene rings is 1. The Kier molecular flexibility index (Phi) is 3.63. The number of fused-ring (bicyclic) bond motifs is 1. The SMILES string of the molecule is CC1CNCCN1c1cccc2[nH]c(=O)oc12.Cl. The minimum absolute atomic E-state index is 0. The summed E-state index contributed by atoms with van der Waals surface area (Å²) in [6.07, 6.45) is 0. The molecule has 0 spiro atoms. The molecule has 1 unspecified atom stereocenters. The molecule has 1 fully saturated rings. The van der Waals surface area contributed by atoms with Gasteiger partial charge in [-0.25, -0.2) is 4.79 Å². The molecule has 1 atom stereocenters. The summed E-state index contributed by atoms with van der Waals surface area (Å²) >= 11 is 0. The Hall–Kier alpha value is -1.46. The second-order valence-corrected chi connectivity index (χ2v) is 4.41. The first-order valence-electron chi connectivity index (χ1n) is 5.85. The lowest BCUT2D eigenvalue weighted by molar-refractivity contribution is 0.496. The number of halogens is 1. The second-order valence-electron chi connectivity index (χ2n) is 4.41. The number of H-pyrrole nitrogens is 1. The van der Waals surface area contributed by atoms with E-state index in [0.717, 1.165) is 30.8 Å². The molecule has 5 nitrogen and oxygen atoms in total. The third kappa shape index (κ3) is 2.11. The van der Waals surface area contributed by atoms with Crippen molar-refractivity contribution < 1.29 is 4.42 Å². The number of nitrogens with one attached hydrogen (secondary N) is 2. The molecule has 2 aromatic rings. The number of aromatic amines is 1. The zero-order valence-electron chi connectivity index (χ0n) is 10.1.